The van der Waals surface area contributed by atoms with E-state index < -0.39 is 5.60 Å². The van der Waals surface area contributed by atoms with E-state index >= 15 is 0 Å². The molecule has 0 radical (unpaired) electrons. The molecule has 3 rings (SSSR count). The predicted octanol–water partition coefficient (Wildman–Crippen LogP) is 1.14. The Bertz CT molecular complexity index is 258. The lowest BCUT2D eigenvalue weighted by Gasteiger charge is -2.55. The smallest absolute Gasteiger partial charge is 0.0750 e. The minimum absolute atomic E-state index is 0.150. The molecule has 0 unspecified atom stereocenters. The van der Waals surface area contributed by atoms with Crippen LogP contribution in [0.25, 0.3) is 0 Å². The zero-order valence-electron chi connectivity index (χ0n) is 9.99. The van der Waals surface area contributed by atoms with E-state index in [1.165, 1.54) is 19.3 Å². The Morgan fingerprint density at radius 3 is 2.06 bits per heavy atom. The van der Waals surface area contributed by atoms with Crippen LogP contribution < -0.4 is 0 Å². The quantitative estimate of drug-likeness (QED) is 0.757. The molecule has 2 aliphatic carbocycles. The average Bonchev–Trinajstić information content (AvgIpc) is 3.01. The molecule has 0 aromatic heterocycles. The summed E-state index contributed by atoms with van der Waals surface area (Å²) in [4.78, 5) is 2.53. The van der Waals surface area contributed by atoms with Crippen LogP contribution in [-0.4, -0.2) is 46.5 Å². The van der Waals surface area contributed by atoms with Crippen LogP contribution in [0.2, 0.25) is 0 Å². The third-order valence-corrected chi connectivity index (χ3v) is 5.29. The second-order valence-corrected chi connectivity index (χ2v) is 6.09. The molecule has 3 aliphatic rings. The highest BCUT2D eigenvalue weighted by atomic mass is 16.3. The summed E-state index contributed by atoms with van der Waals surface area (Å²) in [6, 6.07) is 0.816. The van der Waals surface area contributed by atoms with Crippen molar-refractivity contribution in [1.29, 1.82) is 0 Å². The van der Waals surface area contributed by atoms with E-state index in [9.17, 15) is 10.2 Å². The summed E-state index contributed by atoms with van der Waals surface area (Å²) < 4.78 is 0. The number of piperidine rings is 1. The molecule has 3 heteroatoms. The van der Waals surface area contributed by atoms with Crippen LogP contribution in [0.3, 0.4) is 0 Å². The zero-order valence-corrected chi connectivity index (χ0v) is 9.99. The standard InChI is InChI=1S/C13H23NO2/c15-10-12(4-1-5-12)13(16)6-8-14(9-7-13)11-2-3-11/h11,15-16H,1-10H2. The molecule has 1 saturated heterocycles. The second kappa shape index (κ2) is 3.69. The van der Waals surface area contributed by atoms with Gasteiger partial charge < -0.3 is 15.1 Å². The molecule has 0 atom stereocenters. The molecule has 3 fully saturated rings. The molecule has 16 heavy (non-hydrogen) atoms. The zero-order chi connectivity index (χ0) is 11.2. The van der Waals surface area contributed by atoms with Crippen molar-refractivity contribution < 1.29 is 10.2 Å². The van der Waals surface area contributed by atoms with Gasteiger partial charge in [0.2, 0.25) is 0 Å². The molecule has 2 N–H and O–H groups in total. The maximum atomic E-state index is 10.8. The fraction of sp³-hybridized carbons (Fsp3) is 1.00. The molecular formula is C13H23NO2. The third kappa shape index (κ3) is 1.52. The SMILES string of the molecule is OCC1(C2(O)CCN(C3CC3)CC2)CCC1. The molecular weight excluding hydrogens is 202 g/mol. The first kappa shape index (κ1) is 11.0. The molecule has 1 heterocycles. The van der Waals surface area contributed by atoms with Gasteiger partial charge in [0.1, 0.15) is 0 Å². The van der Waals surface area contributed by atoms with E-state index in [4.69, 9.17) is 0 Å². The number of aliphatic hydroxyl groups is 2. The molecule has 0 aromatic carbocycles. The number of hydrogen-bond acceptors (Lipinski definition) is 3. The number of hydrogen-bond donors (Lipinski definition) is 2. The van der Waals surface area contributed by atoms with Crippen molar-refractivity contribution >= 4 is 0 Å². The fourth-order valence-electron chi connectivity index (χ4n) is 3.60. The van der Waals surface area contributed by atoms with E-state index in [2.05, 4.69) is 4.90 Å². The lowest BCUT2D eigenvalue weighted by atomic mass is 9.56. The minimum atomic E-state index is -0.578. The largest absolute Gasteiger partial charge is 0.396 e. The van der Waals surface area contributed by atoms with Crippen LogP contribution in [-0.2, 0) is 0 Å². The van der Waals surface area contributed by atoms with Gasteiger partial charge in [-0.3, -0.25) is 0 Å². The average molecular weight is 225 g/mol. The van der Waals surface area contributed by atoms with Gasteiger partial charge in [-0.05, 0) is 38.5 Å². The van der Waals surface area contributed by atoms with Gasteiger partial charge in [-0.2, -0.15) is 0 Å². The number of rotatable bonds is 3. The van der Waals surface area contributed by atoms with Gasteiger partial charge in [0, 0.05) is 24.5 Å². The first-order chi connectivity index (χ1) is 7.69. The normalized spacial score (nSPS) is 33.4. The monoisotopic (exact) mass is 225 g/mol. The van der Waals surface area contributed by atoms with Crippen LogP contribution >= 0.6 is 0 Å². The lowest BCUT2D eigenvalue weighted by molar-refractivity contribution is -0.175. The lowest BCUT2D eigenvalue weighted by Crippen LogP contribution is -2.59. The Labute approximate surface area is 97.4 Å². The Morgan fingerprint density at radius 2 is 1.69 bits per heavy atom. The Balaban J connectivity index is 1.65. The molecule has 3 nitrogen and oxygen atoms in total. The fourth-order valence-corrected chi connectivity index (χ4v) is 3.60. The predicted molar refractivity (Wildman–Crippen MR) is 62.1 cm³/mol. The van der Waals surface area contributed by atoms with Gasteiger partial charge in [-0.25, -0.2) is 0 Å². The van der Waals surface area contributed by atoms with Crippen LogP contribution in [0.4, 0.5) is 0 Å². The molecule has 0 spiro atoms. The summed E-state index contributed by atoms with van der Waals surface area (Å²) >= 11 is 0. The summed E-state index contributed by atoms with van der Waals surface area (Å²) in [5, 5.41) is 20.3. The van der Waals surface area contributed by atoms with Crippen LogP contribution in [0, 0.1) is 5.41 Å². The topological polar surface area (TPSA) is 43.7 Å². The highest BCUT2D eigenvalue weighted by molar-refractivity contribution is 5.06. The minimum Gasteiger partial charge on any atom is -0.396 e. The van der Waals surface area contributed by atoms with Gasteiger partial charge in [-0.1, -0.05) is 6.42 Å². The maximum Gasteiger partial charge on any atom is 0.0750 e. The molecule has 1 aliphatic heterocycles. The van der Waals surface area contributed by atoms with Crippen molar-refractivity contribution in [1.82, 2.24) is 4.90 Å². The van der Waals surface area contributed by atoms with Crippen molar-refractivity contribution in [3.05, 3.63) is 0 Å². The van der Waals surface area contributed by atoms with E-state index in [0.717, 1.165) is 44.8 Å². The van der Waals surface area contributed by atoms with Gasteiger partial charge in [0.05, 0.1) is 12.2 Å². The van der Waals surface area contributed by atoms with Crippen molar-refractivity contribution in [3.8, 4) is 0 Å². The second-order valence-electron chi connectivity index (χ2n) is 6.09. The Hall–Kier alpha value is -0.120. The van der Waals surface area contributed by atoms with Gasteiger partial charge in [0.25, 0.3) is 0 Å². The number of nitrogens with zero attached hydrogens (tertiary/aromatic N) is 1. The highest BCUT2D eigenvalue weighted by Crippen LogP contribution is 2.53. The van der Waals surface area contributed by atoms with Crippen LogP contribution in [0.5, 0.6) is 0 Å². The Morgan fingerprint density at radius 1 is 1.06 bits per heavy atom. The Kier molecular flexibility index (Phi) is 2.54. The van der Waals surface area contributed by atoms with E-state index in [1.807, 2.05) is 0 Å². The van der Waals surface area contributed by atoms with Gasteiger partial charge >= 0.3 is 0 Å². The van der Waals surface area contributed by atoms with Crippen molar-refractivity contribution in [2.75, 3.05) is 19.7 Å². The molecule has 0 aromatic rings. The van der Waals surface area contributed by atoms with E-state index in [0.29, 0.717) is 0 Å². The van der Waals surface area contributed by atoms with Gasteiger partial charge in [0.15, 0.2) is 0 Å². The number of likely N-dealkylation sites (tertiary alicyclic amines) is 1. The molecule has 0 bridgehead atoms. The van der Waals surface area contributed by atoms with Crippen molar-refractivity contribution in [2.45, 2.75) is 56.6 Å². The summed E-state index contributed by atoms with van der Waals surface area (Å²) in [7, 11) is 0. The first-order valence-corrected chi connectivity index (χ1v) is 6.76. The summed E-state index contributed by atoms with van der Waals surface area (Å²) in [5.41, 5.74) is -0.728. The summed E-state index contributed by atoms with van der Waals surface area (Å²) in [5.74, 6) is 0. The van der Waals surface area contributed by atoms with E-state index in [1.54, 1.807) is 0 Å². The van der Waals surface area contributed by atoms with E-state index in [-0.39, 0.29) is 12.0 Å². The van der Waals surface area contributed by atoms with Gasteiger partial charge in [-0.15, -0.1) is 0 Å². The number of aliphatic hydroxyl groups excluding tert-OH is 1. The van der Waals surface area contributed by atoms with Crippen LogP contribution in [0.1, 0.15) is 44.9 Å². The summed E-state index contributed by atoms with van der Waals surface area (Å²) in [6.45, 7) is 2.23. The molecule has 0 amide bonds. The van der Waals surface area contributed by atoms with Crippen LogP contribution in [0.15, 0.2) is 0 Å². The third-order valence-electron chi connectivity index (χ3n) is 5.29. The molecule has 92 valence electrons. The highest BCUT2D eigenvalue weighted by Gasteiger charge is 2.54. The first-order valence-electron chi connectivity index (χ1n) is 6.76. The van der Waals surface area contributed by atoms with Crippen molar-refractivity contribution in [3.63, 3.8) is 0 Å². The van der Waals surface area contributed by atoms with Crippen molar-refractivity contribution in [2.24, 2.45) is 5.41 Å². The molecule has 2 saturated carbocycles. The maximum absolute atomic E-state index is 10.8. The summed E-state index contributed by atoms with van der Waals surface area (Å²) in [6.07, 6.45) is 7.64.